The maximum atomic E-state index is 12.7. The number of carbonyl (C=O) groups is 3. The highest BCUT2D eigenvalue weighted by Crippen LogP contribution is 2.19. The van der Waals surface area contributed by atoms with Crippen LogP contribution in [0.4, 0.5) is 5.69 Å². The van der Waals surface area contributed by atoms with Crippen LogP contribution in [-0.2, 0) is 9.53 Å². The molecule has 0 aliphatic carbocycles. The van der Waals surface area contributed by atoms with Gasteiger partial charge < -0.3 is 15.0 Å². The standard InChI is InChI=1S/C22H26N4O4/c1-15-6-4-7-16(2)20(15)24-19(27)14-25-10-12-26(13-11-25)21(28)17-8-5-9-18(23-17)22(29)30-3/h4-9H,10-14H2,1-3H3,(H,24,27). The minimum atomic E-state index is -0.579. The largest absolute Gasteiger partial charge is 0.464 e. The third-order valence-corrected chi connectivity index (χ3v) is 5.14. The summed E-state index contributed by atoms with van der Waals surface area (Å²) in [5.74, 6) is -0.885. The number of rotatable bonds is 5. The number of aryl methyl sites for hydroxylation is 2. The topological polar surface area (TPSA) is 91.8 Å². The van der Waals surface area contributed by atoms with Crippen LogP contribution >= 0.6 is 0 Å². The molecule has 0 radical (unpaired) electrons. The number of anilines is 1. The number of nitrogens with zero attached hydrogens (tertiary/aromatic N) is 3. The summed E-state index contributed by atoms with van der Waals surface area (Å²) in [6.07, 6.45) is 0. The van der Waals surface area contributed by atoms with Crippen LogP contribution < -0.4 is 5.32 Å². The molecule has 1 aliphatic rings. The Hall–Kier alpha value is -3.26. The molecule has 2 heterocycles. The Kier molecular flexibility index (Phi) is 6.79. The molecule has 1 N–H and O–H groups in total. The molecule has 0 saturated carbocycles. The quantitative estimate of drug-likeness (QED) is 0.757. The van der Waals surface area contributed by atoms with E-state index < -0.39 is 5.97 Å². The zero-order chi connectivity index (χ0) is 21.7. The van der Waals surface area contributed by atoms with Crippen LogP contribution in [-0.4, -0.2) is 72.4 Å². The highest BCUT2D eigenvalue weighted by molar-refractivity contribution is 5.95. The maximum Gasteiger partial charge on any atom is 0.356 e. The molecule has 0 unspecified atom stereocenters. The number of nitrogens with one attached hydrogen (secondary N) is 1. The van der Waals surface area contributed by atoms with Crippen molar-refractivity contribution >= 4 is 23.5 Å². The van der Waals surface area contributed by atoms with Crippen LogP contribution in [0.15, 0.2) is 36.4 Å². The monoisotopic (exact) mass is 410 g/mol. The second kappa shape index (κ2) is 9.49. The van der Waals surface area contributed by atoms with Gasteiger partial charge in [-0.15, -0.1) is 0 Å². The molecule has 2 amide bonds. The molecule has 1 fully saturated rings. The van der Waals surface area contributed by atoms with E-state index in [-0.39, 0.29) is 29.7 Å². The number of benzene rings is 1. The second-order valence-corrected chi connectivity index (χ2v) is 7.28. The predicted molar refractivity (Wildman–Crippen MR) is 112 cm³/mol. The molecular formula is C22H26N4O4. The van der Waals surface area contributed by atoms with E-state index in [9.17, 15) is 14.4 Å². The van der Waals surface area contributed by atoms with Crippen LogP contribution in [0, 0.1) is 13.8 Å². The van der Waals surface area contributed by atoms with Gasteiger partial charge in [0, 0.05) is 31.9 Å². The lowest BCUT2D eigenvalue weighted by Crippen LogP contribution is -2.50. The van der Waals surface area contributed by atoms with Gasteiger partial charge in [-0.25, -0.2) is 9.78 Å². The SMILES string of the molecule is COC(=O)c1cccc(C(=O)N2CCN(CC(=O)Nc3c(C)cccc3C)CC2)n1. The Morgan fingerprint density at radius 1 is 0.967 bits per heavy atom. The van der Waals surface area contributed by atoms with Crippen LogP contribution in [0.25, 0.3) is 0 Å². The fourth-order valence-electron chi connectivity index (χ4n) is 3.44. The second-order valence-electron chi connectivity index (χ2n) is 7.28. The molecular weight excluding hydrogens is 384 g/mol. The Labute approximate surface area is 175 Å². The summed E-state index contributed by atoms with van der Waals surface area (Å²) in [6.45, 7) is 6.35. The van der Waals surface area contributed by atoms with Crippen molar-refractivity contribution in [3.8, 4) is 0 Å². The van der Waals surface area contributed by atoms with Gasteiger partial charge >= 0.3 is 5.97 Å². The van der Waals surface area contributed by atoms with E-state index in [1.165, 1.54) is 13.2 Å². The first-order valence-corrected chi connectivity index (χ1v) is 9.82. The van der Waals surface area contributed by atoms with Gasteiger partial charge in [-0.3, -0.25) is 14.5 Å². The minimum Gasteiger partial charge on any atom is -0.464 e. The summed E-state index contributed by atoms with van der Waals surface area (Å²) in [4.78, 5) is 44.6. The number of ether oxygens (including phenoxy) is 1. The van der Waals surface area contributed by atoms with Gasteiger partial charge in [-0.1, -0.05) is 24.3 Å². The van der Waals surface area contributed by atoms with Gasteiger partial charge in [0.05, 0.1) is 13.7 Å². The third-order valence-electron chi connectivity index (χ3n) is 5.14. The zero-order valence-corrected chi connectivity index (χ0v) is 17.5. The maximum absolute atomic E-state index is 12.7. The number of pyridine rings is 1. The van der Waals surface area contributed by atoms with Crippen LogP contribution in [0.5, 0.6) is 0 Å². The molecule has 0 spiro atoms. The van der Waals surface area contributed by atoms with Crippen molar-refractivity contribution < 1.29 is 19.1 Å². The third kappa shape index (κ3) is 5.01. The number of aromatic nitrogens is 1. The Bertz CT molecular complexity index is 932. The van der Waals surface area contributed by atoms with Crippen molar-refractivity contribution in [2.45, 2.75) is 13.8 Å². The molecule has 8 heteroatoms. The van der Waals surface area contributed by atoms with Gasteiger partial charge in [0.2, 0.25) is 5.91 Å². The Morgan fingerprint density at radius 2 is 1.57 bits per heavy atom. The molecule has 2 aromatic rings. The first kappa shape index (κ1) is 21.4. The van der Waals surface area contributed by atoms with E-state index in [4.69, 9.17) is 0 Å². The number of para-hydroxylation sites is 1. The summed E-state index contributed by atoms with van der Waals surface area (Å²) < 4.78 is 4.65. The summed E-state index contributed by atoms with van der Waals surface area (Å²) >= 11 is 0. The number of hydrogen-bond donors (Lipinski definition) is 1. The molecule has 1 aromatic carbocycles. The number of esters is 1. The van der Waals surface area contributed by atoms with Crippen LogP contribution in [0.2, 0.25) is 0 Å². The number of carbonyl (C=O) groups excluding carboxylic acids is 3. The van der Waals surface area contributed by atoms with E-state index in [1.807, 2.05) is 36.9 Å². The van der Waals surface area contributed by atoms with E-state index in [1.54, 1.807) is 17.0 Å². The number of amides is 2. The summed E-state index contributed by atoms with van der Waals surface area (Å²) in [7, 11) is 1.27. The predicted octanol–water partition coefficient (Wildman–Crippen LogP) is 1.88. The highest BCUT2D eigenvalue weighted by Gasteiger charge is 2.25. The van der Waals surface area contributed by atoms with E-state index in [2.05, 4.69) is 15.0 Å². The van der Waals surface area contributed by atoms with Crippen molar-refractivity contribution in [3.63, 3.8) is 0 Å². The smallest absolute Gasteiger partial charge is 0.356 e. The first-order valence-electron chi connectivity index (χ1n) is 9.82. The molecule has 0 atom stereocenters. The van der Waals surface area contributed by atoms with Crippen molar-refractivity contribution in [2.24, 2.45) is 0 Å². The average molecular weight is 410 g/mol. The first-order chi connectivity index (χ1) is 14.4. The lowest BCUT2D eigenvalue weighted by molar-refractivity contribution is -0.117. The number of piperazine rings is 1. The molecule has 3 rings (SSSR count). The van der Waals surface area contributed by atoms with Gasteiger partial charge in [-0.2, -0.15) is 0 Å². The highest BCUT2D eigenvalue weighted by atomic mass is 16.5. The molecule has 0 bridgehead atoms. The van der Waals surface area contributed by atoms with Crippen molar-refractivity contribution in [3.05, 3.63) is 58.9 Å². The van der Waals surface area contributed by atoms with Gasteiger partial charge in [0.25, 0.3) is 5.91 Å². The van der Waals surface area contributed by atoms with Crippen molar-refractivity contribution in [1.82, 2.24) is 14.8 Å². The van der Waals surface area contributed by atoms with Gasteiger partial charge in [0.15, 0.2) is 0 Å². The number of methoxy groups -OCH3 is 1. The zero-order valence-electron chi connectivity index (χ0n) is 17.5. The summed E-state index contributed by atoms with van der Waals surface area (Å²) in [5, 5.41) is 2.99. The molecule has 8 nitrogen and oxygen atoms in total. The molecule has 30 heavy (non-hydrogen) atoms. The van der Waals surface area contributed by atoms with Gasteiger partial charge in [0.1, 0.15) is 11.4 Å². The average Bonchev–Trinajstić information content (AvgIpc) is 2.76. The fourth-order valence-corrected chi connectivity index (χ4v) is 3.44. The van der Waals surface area contributed by atoms with E-state index in [0.717, 1.165) is 16.8 Å². The lowest BCUT2D eigenvalue weighted by Gasteiger charge is -2.34. The lowest BCUT2D eigenvalue weighted by atomic mass is 10.1. The minimum absolute atomic E-state index is 0.0698. The van der Waals surface area contributed by atoms with E-state index in [0.29, 0.717) is 26.2 Å². The van der Waals surface area contributed by atoms with Crippen molar-refractivity contribution in [1.29, 1.82) is 0 Å². The summed E-state index contributed by atoms with van der Waals surface area (Å²) in [6, 6.07) is 10.6. The Balaban J connectivity index is 1.54. The molecule has 158 valence electrons. The number of hydrogen-bond acceptors (Lipinski definition) is 6. The van der Waals surface area contributed by atoms with Gasteiger partial charge in [-0.05, 0) is 37.1 Å². The molecule has 1 aromatic heterocycles. The van der Waals surface area contributed by atoms with Crippen LogP contribution in [0.1, 0.15) is 32.1 Å². The summed E-state index contributed by atoms with van der Waals surface area (Å²) in [5.41, 5.74) is 3.22. The fraction of sp³-hybridized carbons (Fsp3) is 0.364. The molecule has 1 aliphatic heterocycles. The van der Waals surface area contributed by atoms with Crippen molar-refractivity contribution in [2.75, 3.05) is 45.2 Å². The normalized spacial score (nSPS) is 14.3. The van der Waals surface area contributed by atoms with E-state index >= 15 is 0 Å². The Morgan fingerprint density at radius 3 is 2.20 bits per heavy atom. The molecule has 1 saturated heterocycles. The van der Waals surface area contributed by atoms with Crippen LogP contribution in [0.3, 0.4) is 0 Å².